The van der Waals surface area contributed by atoms with Gasteiger partial charge < -0.3 is 10.1 Å². The molecule has 4 heteroatoms. The molecule has 0 spiro atoms. The Hall–Kier alpha value is -0.280. The van der Waals surface area contributed by atoms with Crippen LogP contribution in [0.25, 0.3) is 0 Å². The van der Waals surface area contributed by atoms with E-state index >= 15 is 0 Å². The zero-order valence-electron chi connectivity index (χ0n) is 10.4. The summed E-state index contributed by atoms with van der Waals surface area (Å²) >= 11 is 5.75. The fourth-order valence-corrected chi connectivity index (χ4v) is 2.16. The van der Waals surface area contributed by atoms with Crippen LogP contribution in [0.4, 0.5) is 0 Å². The van der Waals surface area contributed by atoms with Crippen LogP contribution in [0, 0.1) is 5.92 Å². The second-order valence-corrected chi connectivity index (χ2v) is 5.21. The minimum absolute atomic E-state index is 0.0750. The van der Waals surface area contributed by atoms with Gasteiger partial charge >= 0.3 is 0 Å². The van der Waals surface area contributed by atoms with E-state index in [4.69, 9.17) is 16.3 Å². The molecule has 0 aromatic rings. The molecule has 94 valence electrons. The Kier molecular flexibility index (Phi) is 5.06. The Bertz CT molecular complexity index is 236. The summed E-state index contributed by atoms with van der Waals surface area (Å²) in [5.74, 6) is 0.938. The summed E-state index contributed by atoms with van der Waals surface area (Å²) in [6, 6.07) is 0.124. The Morgan fingerprint density at radius 2 is 2.12 bits per heavy atom. The molecule has 1 saturated carbocycles. The van der Waals surface area contributed by atoms with Gasteiger partial charge in [0, 0.05) is 19.0 Å². The van der Waals surface area contributed by atoms with Gasteiger partial charge in [0.1, 0.15) is 0 Å². The van der Waals surface area contributed by atoms with Gasteiger partial charge in [-0.3, -0.25) is 4.79 Å². The van der Waals surface area contributed by atoms with Crippen LogP contribution in [-0.4, -0.2) is 30.5 Å². The normalized spacial score (nSPS) is 22.0. The zero-order valence-corrected chi connectivity index (χ0v) is 11.1. The topological polar surface area (TPSA) is 38.3 Å². The van der Waals surface area contributed by atoms with Gasteiger partial charge in [-0.05, 0) is 32.1 Å². The van der Waals surface area contributed by atoms with Crippen LogP contribution >= 0.6 is 11.6 Å². The summed E-state index contributed by atoms with van der Waals surface area (Å²) in [5.41, 5.74) is -0.187. The number of amides is 1. The van der Waals surface area contributed by atoms with Crippen molar-refractivity contribution in [2.45, 2.75) is 51.2 Å². The predicted molar refractivity (Wildman–Crippen MR) is 65.7 cm³/mol. The van der Waals surface area contributed by atoms with Crippen molar-refractivity contribution < 1.29 is 9.53 Å². The Balaban J connectivity index is 2.35. The van der Waals surface area contributed by atoms with Gasteiger partial charge in [-0.1, -0.05) is 6.92 Å². The molecule has 1 N–H and O–H groups in total. The molecule has 1 aliphatic rings. The van der Waals surface area contributed by atoms with Gasteiger partial charge in [0.05, 0.1) is 12.0 Å². The van der Waals surface area contributed by atoms with Crippen LogP contribution in [0.2, 0.25) is 0 Å². The minimum atomic E-state index is -0.187. The third-order valence-corrected chi connectivity index (χ3v) is 4.15. The first-order valence-electron chi connectivity index (χ1n) is 5.93. The van der Waals surface area contributed by atoms with Crippen LogP contribution < -0.4 is 5.32 Å². The molecule has 0 saturated heterocycles. The van der Waals surface area contributed by atoms with Crippen molar-refractivity contribution in [1.29, 1.82) is 0 Å². The molecule has 0 heterocycles. The number of hydrogen-bond donors (Lipinski definition) is 1. The van der Waals surface area contributed by atoms with E-state index in [2.05, 4.69) is 5.32 Å². The first-order chi connectivity index (χ1) is 7.53. The molecule has 3 nitrogen and oxygen atoms in total. The van der Waals surface area contributed by atoms with Crippen molar-refractivity contribution in [3.8, 4) is 0 Å². The van der Waals surface area contributed by atoms with E-state index in [9.17, 15) is 4.79 Å². The second kappa shape index (κ2) is 5.87. The van der Waals surface area contributed by atoms with Crippen molar-refractivity contribution in [3.05, 3.63) is 0 Å². The van der Waals surface area contributed by atoms with E-state index in [0.717, 1.165) is 19.3 Å². The molecule has 2 unspecified atom stereocenters. The van der Waals surface area contributed by atoms with Crippen molar-refractivity contribution in [1.82, 2.24) is 5.32 Å². The van der Waals surface area contributed by atoms with Gasteiger partial charge in [0.2, 0.25) is 5.91 Å². The number of rotatable bonds is 6. The highest BCUT2D eigenvalue weighted by atomic mass is 35.5. The highest BCUT2D eigenvalue weighted by Gasteiger charge is 2.39. The molecular formula is C12H22ClNO2. The molecule has 16 heavy (non-hydrogen) atoms. The number of halogens is 1. The molecule has 0 aliphatic heterocycles. The molecule has 1 amide bonds. The first kappa shape index (κ1) is 13.8. The average molecular weight is 248 g/mol. The van der Waals surface area contributed by atoms with E-state index in [1.54, 1.807) is 7.11 Å². The quantitative estimate of drug-likeness (QED) is 0.732. The number of hydrogen-bond acceptors (Lipinski definition) is 2. The van der Waals surface area contributed by atoms with Gasteiger partial charge in [0.25, 0.3) is 0 Å². The molecule has 0 aromatic carbocycles. The van der Waals surface area contributed by atoms with Crippen molar-refractivity contribution in [2.24, 2.45) is 5.92 Å². The van der Waals surface area contributed by atoms with Crippen LogP contribution in [-0.2, 0) is 9.53 Å². The maximum atomic E-state index is 11.8. The molecule has 0 radical (unpaired) electrons. The number of alkyl halides is 1. The van der Waals surface area contributed by atoms with Gasteiger partial charge in [-0.15, -0.1) is 11.6 Å². The third kappa shape index (κ3) is 3.36. The maximum Gasteiger partial charge on any atom is 0.223 e. The molecule has 1 aliphatic carbocycles. The molecular weight excluding hydrogens is 226 g/mol. The van der Waals surface area contributed by atoms with Gasteiger partial charge in [-0.2, -0.15) is 0 Å². The summed E-state index contributed by atoms with van der Waals surface area (Å²) in [4.78, 5) is 11.8. The zero-order chi connectivity index (χ0) is 12.2. The number of methoxy groups -OCH3 is 1. The highest BCUT2D eigenvalue weighted by Crippen LogP contribution is 2.37. The Morgan fingerprint density at radius 1 is 1.50 bits per heavy atom. The number of carbonyl (C=O) groups excluding carboxylic acids is 1. The molecule has 0 bridgehead atoms. The average Bonchev–Trinajstić information content (AvgIpc) is 2.22. The predicted octanol–water partition coefficient (Wildman–Crippen LogP) is 2.33. The van der Waals surface area contributed by atoms with Crippen molar-refractivity contribution in [2.75, 3.05) is 13.0 Å². The standard InChI is InChI=1S/C12H22ClNO2/c1-9(8-13)10(2)14-11(15)7-12(16-3)5-4-6-12/h9-10H,4-8H2,1-3H3,(H,14,15). The third-order valence-electron chi connectivity index (χ3n) is 3.67. The fourth-order valence-electron chi connectivity index (χ4n) is 1.90. The molecule has 1 fully saturated rings. The summed E-state index contributed by atoms with van der Waals surface area (Å²) in [5, 5.41) is 2.99. The van der Waals surface area contributed by atoms with Crippen LogP contribution in [0.15, 0.2) is 0 Å². The SMILES string of the molecule is COC1(CC(=O)NC(C)C(C)CCl)CCC1. The van der Waals surface area contributed by atoms with E-state index < -0.39 is 0 Å². The number of nitrogens with one attached hydrogen (secondary N) is 1. The Labute approximate surface area is 103 Å². The Morgan fingerprint density at radius 3 is 2.50 bits per heavy atom. The lowest BCUT2D eigenvalue weighted by molar-refractivity contribution is -0.135. The summed E-state index contributed by atoms with van der Waals surface area (Å²) < 4.78 is 5.43. The van der Waals surface area contributed by atoms with Crippen LogP contribution in [0.3, 0.4) is 0 Å². The summed E-state index contributed by atoms with van der Waals surface area (Å²) in [7, 11) is 1.69. The van der Waals surface area contributed by atoms with E-state index in [1.807, 2.05) is 13.8 Å². The summed E-state index contributed by atoms with van der Waals surface area (Å²) in [6.45, 7) is 4.03. The lowest BCUT2D eigenvalue weighted by atomic mass is 9.77. The lowest BCUT2D eigenvalue weighted by Gasteiger charge is -2.40. The second-order valence-electron chi connectivity index (χ2n) is 4.91. The van der Waals surface area contributed by atoms with Crippen LogP contribution in [0.1, 0.15) is 39.5 Å². The van der Waals surface area contributed by atoms with Crippen LogP contribution in [0.5, 0.6) is 0 Å². The minimum Gasteiger partial charge on any atom is -0.378 e. The molecule has 1 rings (SSSR count). The fraction of sp³-hybridized carbons (Fsp3) is 0.917. The van der Waals surface area contributed by atoms with Crippen molar-refractivity contribution in [3.63, 3.8) is 0 Å². The largest absolute Gasteiger partial charge is 0.378 e. The van der Waals surface area contributed by atoms with Gasteiger partial charge in [0.15, 0.2) is 0 Å². The number of ether oxygens (including phenoxy) is 1. The first-order valence-corrected chi connectivity index (χ1v) is 6.47. The number of carbonyl (C=O) groups is 1. The summed E-state index contributed by atoms with van der Waals surface area (Å²) in [6.07, 6.45) is 3.63. The molecule has 2 atom stereocenters. The smallest absolute Gasteiger partial charge is 0.223 e. The monoisotopic (exact) mass is 247 g/mol. The van der Waals surface area contributed by atoms with E-state index in [1.165, 1.54) is 0 Å². The van der Waals surface area contributed by atoms with Crippen molar-refractivity contribution >= 4 is 17.5 Å². The highest BCUT2D eigenvalue weighted by molar-refractivity contribution is 6.18. The maximum absolute atomic E-state index is 11.8. The molecule has 0 aromatic heterocycles. The van der Waals surface area contributed by atoms with Gasteiger partial charge in [-0.25, -0.2) is 0 Å². The lowest BCUT2D eigenvalue weighted by Crippen LogP contribution is -2.46. The van der Waals surface area contributed by atoms with E-state index in [-0.39, 0.29) is 17.6 Å². The van der Waals surface area contributed by atoms with E-state index in [0.29, 0.717) is 18.2 Å².